The Labute approximate surface area is 85.1 Å². The van der Waals surface area contributed by atoms with Crippen molar-refractivity contribution in [3.63, 3.8) is 0 Å². The summed E-state index contributed by atoms with van der Waals surface area (Å²) in [5, 5.41) is 8.82. The Hall–Kier alpha value is -0.180. The third-order valence-electron chi connectivity index (χ3n) is 1.98. The van der Waals surface area contributed by atoms with Crippen molar-refractivity contribution in [2.24, 2.45) is 0 Å². The van der Waals surface area contributed by atoms with Gasteiger partial charge in [-0.3, -0.25) is 4.79 Å². The molecule has 0 saturated carbocycles. The van der Waals surface area contributed by atoms with Gasteiger partial charge in [0.25, 0.3) is 0 Å². The van der Waals surface area contributed by atoms with E-state index in [1.807, 2.05) is 0 Å². The summed E-state index contributed by atoms with van der Waals surface area (Å²) in [7, 11) is 0. The van der Waals surface area contributed by atoms with Gasteiger partial charge in [0, 0.05) is 0 Å². The fourth-order valence-electron chi connectivity index (χ4n) is 0.918. The minimum Gasteiger partial charge on any atom is -0.480 e. The zero-order valence-electron chi connectivity index (χ0n) is 8.80. The Bertz CT molecular complexity index is 155. The summed E-state index contributed by atoms with van der Waals surface area (Å²) >= 11 is 1.54. The van der Waals surface area contributed by atoms with E-state index in [0.717, 1.165) is 12.2 Å². The van der Waals surface area contributed by atoms with Crippen molar-refractivity contribution in [3.8, 4) is 0 Å². The van der Waals surface area contributed by atoms with Gasteiger partial charge in [0.05, 0.1) is 0 Å². The molecule has 3 heteroatoms. The first-order valence-corrected chi connectivity index (χ1v) is 5.86. The van der Waals surface area contributed by atoms with E-state index in [0.29, 0.717) is 0 Å². The lowest BCUT2D eigenvalue weighted by atomic mass is 10.2. The Morgan fingerprint density at radius 1 is 1.31 bits per heavy atom. The third kappa shape index (κ3) is 5.97. The highest BCUT2D eigenvalue weighted by Gasteiger charge is 2.26. The molecule has 0 fully saturated rings. The maximum absolute atomic E-state index is 10.7. The number of hydrogen-bond donors (Lipinski definition) is 1. The largest absolute Gasteiger partial charge is 0.480 e. The van der Waals surface area contributed by atoms with Gasteiger partial charge in [-0.1, -0.05) is 26.2 Å². The topological polar surface area (TPSA) is 37.3 Å². The normalized spacial score (nSPS) is 11.6. The number of unbranched alkanes of at least 4 members (excludes halogenated alkanes) is 3. The lowest BCUT2D eigenvalue weighted by Crippen LogP contribution is -2.27. The molecule has 0 bridgehead atoms. The highest BCUT2D eigenvalue weighted by molar-refractivity contribution is 8.01. The lowest BCUT2D eigenvalue weighted by Gasteiger charge is -2.17. The third-order valence-corrected chi connectivity index (χ3v) is 3.36. The van der Waals surface area contributed by atoms with Gasteiger partial charge in [-0.2, -0.15) is 0 Å². The van der Waals surface area contributed by atoms with Crippen LogP contribution in [-0.2, 0) is 4.79 Å². The van der Waals surface area contributed by atoms with Gasteiger partial charge >= 0.3 is 5.97 Å². The monoisotopic (exact) mass is 204 g/mol. The Balaban J connectivity index is 3.46. The number of hydrogen-bond acceptors (Lipinski definition) is 2. The molecule has 78 valence electrons. The Morgan fingerprint density at radius 3 is 2.38 bits per heavy atom. The summed E-state index contributed by atoms with van der Waals surface area (Å²) in [6, 6.07) is 0. The van der Waals surface area contributed by atoms with Crippen molar-refractivity contribution in [2.45, 2.75) is 51.2 Å². The van der Waals surface area contributed by atoms with Gasteiger partial charge in [-0.25, -0.2) is 0 Å². The second kappa shape index (κ2) is 6.30. The molecule has 0 aromatic heterocycles. The van der Waals surface area contributed by atoms with Crippen LogP contribution >= 0.6 is 11.8 Å². The molecule has 0 rings (SSSR count). The molecule has 0 aromatic carbocycles. The standard InChI is InChI=1S/C10H20O2S/c1-4-5-6-7-8-13-10(2,3)9(11)12/h4-8H2,1-3H3,(H,11,12). The van der Waals surface area contributed by atoms with E-state index in [2.05, 4.69) is 6.92 Å². The van der Waals surface area contributed by atoms with Crippen molar-refractivity contribution in [1.29, 1.82) is 0 Å². The van der Waals surface area contributed by atoms with E-state index in [1.54, 1.807) is 13.8 Å². The molecule has 0 atom stereocenters. The fraction of sp³-hybridized carbons (Fsp3) is 0.900. The molecule has 0 unspecified atom stereocenters. The minimum atomic E-state index is -0.715. The minimum absolute atomic E-state index is 0.619. The first kappa shape index (κ1) is 12.8. The average molecular weight is 204 g/mol. The van der Waals surface area contributed by atoms with E-state index in [1.165, 1.54) is 31.0 Å². The van der Waals surface area contributed by atoms with Crippen LogP contribution in [0, 0.1) is 0 Å². The zero-order valence-corrected chi connectivity index (χ0v) is 9.62. The highest BCUT2D eigenvalue weighted by Crippen LogP contribution is 2.25. The van der Waals surface area contributed by atoms with Crippen molar-refractivity contribution in [2.75, 3.05) is 5.75 Å². The molecule has 0 spiro atoms. The predicted molar refractivity (Wildman–Crippen MR) is 58.3 cm³/mol. The lowest BCUT2D eigenvalue weighted by molar-refractivity contribution is -0.138. The molecule has 0 aliphatic rings. The van der Waals surface area contributed by atoms with Crippen molar-refractivity contribution >= 4 is 17.7 Å². The summed E-state index contributed by atoms with van der Waals surface area (Å²) in [5.74, 6) is 0.243. The van der Waals surface area contributed by atoms with Crippen molar-refractivity contribution < 1.29 is 9.90 Å². The number of carboxylic acid groups (broad SMARTS) is 1. The molecule has 0 aliphatic carbocycles. The van der Waals surface area contributed by atoms with E-state index < -0.39 is 10.7 Å². The summed E-state index contributed by atoms with van der Waals surface area (Å²) in [4.78, 5) is 10.7. The number of rotatable bonds is 7. The van der Waals surface area contributed by atoms with Crippen LogP contribution in [0.4, 0.5) is 0 Å². The maximum atomic E-state index is 10.7. The van der Waals surface area contributed by atoms with Crippen LogP contribution < -0.4 is 0 Å². The molecule has 0 radical (unpaired) electrons. The molecule has 0 aromatic rings. The summed E-state index contributed by atoms with van der Waals surface area (Å²) < 4.78 is -0.619. The van der Waals surface area contributed by atoms with Crippen LogP contribution in [-0.4, -0.2) is 21.6 Å². The number of carbonyl (C=O) groups is 1. The SMILES string of the molecule is CCCCCCSC(C)(C)C(=O)O. The summed E-state index contributed by atoms with van der Waals surface area (Å²) in [6.45, 7) is 5.70. The summed E-state index contributed by atoms with van der Waals surface area (Å²) in [6.07, 6.45) is 4.84. The second-order valence-electron chi connectivity index (χ2n) is 3.72. The van der Waals surface area contributed by atoms with Gasteiger partial charge in [0.2, 0.25) is 0 Å². The molecule has 0 heterocycles. The molecule has 2 nitrogen and oxygen atoms in total. The van der Waals surface area contributed by atoms with Gasteiger partial charge in [0.15, 0.2) is 0 Å². The molecule has 0 amide bonds. The number of carboxylic acids is 1. The first-order chi connectivity index (χ1) is 6.00. The smallest absolute Gasteiger partial charge is 0.319 e. The van der Waals surface area contributed by atoms with Gasteiger partial charge in [-0.15, -0.1) is 11.8 Å². The van der Waals surface area contributed by atoms with Gasteiger partial charge in [-0.05, 0) is 26.0 Å². The van der Waals surface area contributed by atoms with Crippen molar-refractivity contribution in [1.82, 2.24) is 0 Å². The maximum Gasteiger partial charge on any atom is 0.319 e. The quantitative estimate of drug-likeness (QED) is 0.647. The van der Waals surface area contributed by atoms with Crippen LogP contribution in [0.25, 0.3) is 0 Å². The Morgan fingerprint density at radius 2 is 1.92 bits per heavy atom. The molecule has 0 saturated heterocycles. The molecular formula is C10H20O2S. The highest BCUT2D eigenvalue weighted by atomic mass is 32.2. The first-order valence-electron chi connectivity index (χ1n) is 4.88. The molecular weight excluding hydrogens is 184 g/mol. The number of thioether (sulfide) groups is 1. The van der Waals surface area contributed by atoms with E-state index >= 15 is 0 Å². The van der Waals surface area contributed by atoms with E-state index in [4.69, 9.17) is 5.11 Å². The molecule has 13 heavy (non-hydrogen) atoms. The zero-order chi connectivity index (χ0) is 10.3. The van der Waals surface area contributed by atoms with Gasteiger partial charge in [0.1, 0.15) is 4.75 Å². The van der Waals surface area contributed by atoms with E-state index in [-0.39, 0.29) is 0 Å². The van der Waals surface area contributed by atoms with Crippen molar-refractivity contribution in [3.05, 3.63) is 0 Å². The number of aliphatic carboxylic acids is 1. The van der Waals surface area contributed by atoms with Crippen LogP contribution in [0.1, 0.15) is 46.5 Å². The summed E-state index contributed by atoms with van der Waals surface area (Å²) in [5.41, 5.74) is 0. The second-order valence-corrected chi connectivity index (χ2v) is 5.44. The molecule has 1 N–H and O–H groups in total. The van der Waals surface area contributed by atoms with E-state index in [9.17, 15) is 4.79 Å². The Kier molecular flexibility index (Phi) is 6.21. The fourth-order valence-corrected chi connectivity index (χ4v) is 1.90. The molecule has 0 aliphatic heterocycles. The van der Waals surface area contributed by atoms with Crippen LogP contribution in [0.3, 0.4) is 0 Å². The van der Waals surface area contributed by atoms with Crippen LogP contribution in [0.5, 0.6) is 0 Å². The average Bonchev–Trinajstić information content (AvgIpc) is 2.03. The van der Waals surface area contributed by atoms with Crippen LogP contribution in [0.2, 0.25) is 0 Å². The van der Waals surface area contributed by atoms with Crippen LogP contribution in [0.15, 0.2) is 0 Å². The van der Waals surface area contributed by atoms with Gasteiger partial charge < -0.3 is 5.11 Å². The predicted octanol–water partition coefficient (Wildman–Crippen LogP) is 3.16.